The van der Waals surface area contributed by atoms with Crippen LogP contribution < -0.4 is 10.6 Å². The van der Waals surface area contributed by atoms with Gasteiger partial charge in [-0.3, -0.25) is 9.78 Å². The van der Waals surface area contributed by atoms with Gasteiger partial charge in [0.15, 0.2) is 5.11 Å². The van der Waals surface area contributed by atoms with E-state index in [2.05, 4.69) is 69.3 Å². The van der Waals surface area contributed by atoms with Gasteiger partial charge in [-0.05, 0) is 67.5 Å². The van der Waals surface area contributed by atoms with E-state index in [1.54, 1.807) is 24.4 Å². The van der Waals surface area contributed by atoms with Crippen molar-refractivity contribution in [1.82, 2.24) is 19.8 Å². The van der Waals surface area contributed by atoms with Gasteiger partial charge in [0.2, 0.25) is 5.91 Å². The Morgan fingerprint density at radius 3 is 2.53 bits per heavy atom. The second-order valence-electron chi connectivity index (χ2n) is 9.50. The van der Waals surface area contributed by atoms with Crippen LogP contribution in [0, 0.1) is 19.7 Å². The molecule has 0 bridgehead atoms. The highest BCUT2D eigenvalue weighted by Gasteiger charge is 2.41. The van der Waals surface area contributed by atoms with Gasteiger partial charge in [0, 0.05) is 37.1 Å². The second kappa shape index (κ2) is 11.1. The van der Waals surface area contributed by atoms with Crippen LogP contribution in [-0.2, 0) is 11.3 Å². The molecule has 1 amide bonds. The Morgan fingerprint density at radius 1 is 1.05 bits per heavy atom. The quantitative estimate of drug-likeness (QED) is 0.288. The number of nitrogens with zero attached hydrogens (tertiary/aromatic N) is 3. The zero-order valence-electron chi connectivity index (χ0n) is 21.4. The van der Waals surface area contributed by atoms with Gasteiger partial charge in [0.05, 0.1) is 23.5 Å². The summed E-state index contributed by atoms with van der Waals surface area (Å²) in [6.45, 7) is 5.39. The Morgan fingerprint density at radius 2 is 1.79 bits per heavy atom. The van der Waals surface area contributed by atoms with Crippen molar-refractivity contribution in [3.8, 4) is 0 Å². The number of halogens is 1. The molecule has 1 fully saturated rings. The molecule has 0 radical (unpaired) electrons. The van der Waals surface area contributed by atoms with Crippen molar-refractivity contribution < 1.29 is 9.18 Å². The molecule has 2 atom stereocenters. The molecule has 1 aliphatic heterocycles. The van der Waals surface area contributed by atoms with E-state index in [0.29, 0.717) is 11.7 Å². The van der Waals surface area contributed by atoms with Gasteiger partial charge < -0.3 is 20.1 Å². The van der Waals surface area contributed by atoms with Crippen molar-refractivity contribution in [2.45, 2.75) is 38.9 Å². The highest BCUT2D eigenvalue weighted by atomic mass is 32.1. The lowest BCUT2D eigenvalue weighted by atomic mass is 9.96. The molecular formula is C30H30FN5OS. The Bertz CT molecular complexity index is 1440. The predicted molar refractivity (Wildman–Crippen MR) is 151 cm³/mol. The molecule has 194 valence electrons. The van der Waals surface area contributed by atoms with E-state index in [1.807, 2.05) is 24.3 Å². The van der Waals surface area contributed by atoms with Crippen molar-refractivity contribution in [3.63, 3.8) is 0 Å². The fraction of sp³-hybridized carbons (Fsp3) is 0.233. The van der Waals surface area contributed by atoms with E-state index in [-0.39, 0.29) is 30.1 Å². The summed E-state index contributed by atoms with van der Waals surface area (Å²) >= 11 is 5.77. The van der Waals surface area contributed by atoms with Gasteiger partial charge in [0.1, 0.15) is 5.82 Å². The van der Waals surface area contributed by atoms with Crippen LogP contribution in [0.5, 0.6) is 0 Å². The molecule has 4 aromatic rings. The average Bonchev–Trinajstić information content (AvgIpc) is 3.40. The number of nitrogens with one attached hydrogen (secondary N) is 2. The average molecular weight is 528 g/mol. The largest absolute Gasteiger partial charge is 0.352 e. The zero-order valence-corrected chi connectivity index (χ0v) is 22.2. The monoisotopic (exact) mass is 527 g/mol. The first kappa shape index (κ1) is 25.6. The lowest BCUT2D eigenvalue weighted by molar-refractivity contribution is -0.116. The third-order valence-corrected chi connectivity index (χ3v) is 7.39. The number of benzene rings is 2. The number of hydrogen-bond acceptors (Lipinski definition) is 3. The smallest absolute Gasteiger partial charge is 0.226 e. The van der Waals surface area contributed by atoms with Gasteiger partial charge in [-0.15, -0.1) is 0 Å². The lowest BCUT2D eigenvalue weighted by Gasteiger charge is -2.28. The molecule has 0 unspecified atom stereocenters. The maximum atomic E-state index is 14.1. The van der Waals surface area contributed by atoms with Crippen LogP contribution in [0.15, 0.2) is 85.1 Å². The third kappa shape index (κ3) is 5.31. The van der Waals surface area contributed by atoms with E-state index >= 15 is 0 Å². The summed E-state index contributed by atoms with van der Waals surface area (Å²) in [6.07, 6.45) is 1.94. The molecule has 1 aliphatic rings. The summed E-state index contributed by atoms with van der Waals surface area (Å²) < 4.78 is 16.4. The molecular weight excluding hydrogens is 497 g/mol. The second-order valence-corrected chi connectivity index (χ2v) is 9.88. The number of aromatic nitrogens is 2. The molecule has 0 spiro atoms. The molecule has 0 aliphatic carbocycles. The minimum Gasteiger partial charge on any atom is -0.352 e. The van der Waals surface area contributed by atoms with E-state index in [0.717, 1.165) is 29.2 Å². The minimum atomic E-state index is -0.460. The molecule has 2 aromatic carbocycles. The van der Waals surface area contributed by atoms with Crippen molar-refractivity contribution in [2.75, 3.05) is 11.9 Å². The summed E-state index contributed by atoms with van der Waals surface area (Å²) in [5.74, 6) is -0.731. The van der Waals surface area contributed by atoms with Crippen LogP contribution in [-0.4, -0.2) is 32.0 Å². The molecule has 8 heteroatoms. The van der Waals surface area contributed by atoms with Crippen LogP contribution in [0.4, 0.5) is 10.1 Å². The van der Waals surface area contributed by atoms with Gasteiger partial charge in [0.25, 0.3) is 0 Å². The third-order valence-electron chi connectivity index (χ3n) is 7.04. The van der Waals surface area contributed by atoms with Gasteiger partial charge >= 0.3 is 0 Å². The summed E-state index contributed by atoms with van der Waals surface area (Å²) in [4.78, 5) is 19.4. The predicted octanol–water partition coefficient (Wildman–Crippen LogP) is 5.69. The number of anilines is 1. The van der Waals surface area contributed by atoms with Gasteiger partial charge in [-0.1, -0.05) is 48.5 Å². The normalized spacial score (nSPS) is 16.9. The number of aryl methyl sites for hydroxylation is 1. The lowest BCUT2D eigenvalue weighted by Crippen LogP contribution is -2.33. The SMILES string of the molecule is Cc1cc([C@@H]2[C@H](c3ccccn3)NC(=S)N2CCC(=O)Nc2ccccc2F)c(C)n1Cc1ccccc1. The van der Waals surface area contributed by atoms with Crippen LogP contribution in [0.3, 0.4) is 0 Å². The minimum absolute atomic E-state index is 0.157. The number of rotatable bonds is 8. The highest BCUT2D eigenvalue weighted by molar-refractivity contribution is 7.80. The first-order valence-corrected chi connectivity index (χ1v) is 13.1. The molecule has 2 aromatic heterocycles. The highest BCUT2D eigenvalue weighted by Crippen LogP contribution is 2.41. The van der Waals surface area contributed by atoms with Crippen LogP contribution in [0.1, 0.15) is 46.7 Å². The summed E-state index contributed by atoms with van der Waals surface area (Å²) in [6, 6.07) is 24.3. The number of para-hydroxylation sites is 1. The van der Waals surface area contributed by atoms with E-state index in [9.17, 15) is 9.18 Å². The van der Waals surface area contributed by atoms with Gasteiger partial charge in [-0.2, -0.15) is 0 Å². The van der Waals surface area contributed by atoms with Crippen molar-refractivity contribution in [3.05, 3.63) is 119 Å². The van der Waals surface area contributed by atoms with E-state index in [1.165, 1.54) is 11.6 Å². The van der Waals surface area contributed by atoms with Crippen LogP contribution in [0.2, 0.25) is 0 Å². The number of amides is 1. The summed E-state index contributed by atoms with van der Waals surface area (Å²) in [7, 11) is 0. The summed E-state index contributed by atoms with van der Waals surface area (Å²) in [5, 5.41) is 6.70. The molecule has 0 saturated carbocycles. The molecule has 5 rings (SSSR count). The molecule has 38 heavy (non-hydrogen) atoms. The van der Waals surface area contributed by atoms with Crippen LogP contribution in [0.25, 0.3) is 0 Å². The van der Waals surface area contributed by atoms with Crippen molar-refractivity contribution in [1.29, 1.82) is 0 Å². The van der Waals surface area contributed by atoms with Crippen molar-refractivity contribution >= 4 is 28.9 Å². The fourth-order valence-corrected chi connectivity index (χ4v) is 5.45. The topological polar surface area (TPSA) is 62.2 Å². The fourth-order valence-electron chi connectivity index (χ4n) is 5.12. The Balaban J connectivity index is 1.43. The number of thiocarbonyl (C=S) groups is 1. The van der Waals surface area contributed by atoms with Gasteiger partial charge in [-0.25, -0.2) is 4.39 Å². The number of carbonyl (C=O) groups excluding carboxylic acids is 1. The number of hydrogen-bond donors (Lipinski definition) is 2. The van der Waals surface area contributed by atoms with E-state index < -0.39 is 5.82 Å². The first-order chi connectivity index (χ1) is 18.4. The standard InChI is InChI=1S/C30H30FN5OS/c1-20-18-23(21(2)36(20)19-22-10-4-3-5-11-22)29-28(26-14-8-9-16-32-26)34-30(38)35(29)17-15-27(37)33-25-13-7-6-12-24(25)31/h3-14,16,18,28-29H,15,17,19H2,1-2H3,(H,33,37)(H,34,38)/t28-,29+/m0/s1. The Labute approximate surface area is 227 Å². The zero-order chi connectivity index (χ0) is 26.6. The number of carbonyl (C=O) groups is 1. The maximum absolute atomic E-state index is 14.1. The van der Waals surface area contributed by atoms with E-state index in [4.69, 9.17) is 12.2 Å². The number of pyridine rings is 1. The Kier molecular flexibility index (Phi) is 7.51. The molecule has 2 N–H and O–H groups in total. The van der Waals surface area contributed by atoms with Crippen LogP contribution >= 0.6 is 12.2 Å². The molecule has 1 saturated heterocycles. The molecule has 6 nitrogen and oxygen atoms in total. The summed E-state index contributed by atoms with van der Waals surface area (Å²) in [5.41, 5.74) is 5.71. The van der Waals surface area contributed by atoms with Crippen molar-refractivity contribution in [2.24, 2.45) is 0 Å². The maximum Gasteiger partial charge on any atom is 0.226 e. The molecule has 3 heterocycles. The first-order valence-electron chi connectivity index (χ1n) is 12.7. The Hall–Kier alpha value is -4.04.